The largest absolute Gasteiger partial charge is 0.338 e. The number of benzene rings is 2. The Labute approximate surface area is 191 Å². The van der Waals surface area contributed by atoms with Crippen LogP contribution in [0.5, 0.6) is 0 Å². The summed E-state index contributed by atoms with van der Waals surface area (Å²) in [6.07, 6.45) is 0.731. The zero-order chi connectivity index (χ0) is 23.1. The lowest BCUT2D eigenvalue weighted by atomic mass is 9.92. The van der Waals surface area contributed by atoms with Gasteiger partial charge in [0.1, 0.15) is 5.82 Å². The molecule has 0 bridgehead atoms. The molecule has 8 nitrogen and oxygen atoms in total. The van der Waals surface area contributed by atoms with Crippen LogP contribution in [0.2, 0.25) is 0 Å². The van der Waals surface area contributed by atoms with Gasteiger partial charge in [-0.2, -0.15) is 4.98 Å². The first-order chi connectivity index (χ1) is 15.9. The van der Waals surface area contributed by atoms with E-state index in [4.69, 9.17) is 0 Å². The number of rotatable bonds is 3. The third kappa shape index (κ3) is 4.00. The van der Waals surface area contributed by atoms with Gasteiger partial charge in [-0.15, -0.1) is 0 Å². The minimum Gasteiger partial charge on any atom is -0.338 e. The molecule has 3 N–H and O–H groups in total. The topological polar surface area (TPSA) is 107 Å². The number of hydrogen-bond donors (Lipinski definition) is 3. The normalized spacial score (nSPS) is 17.1. The second-order valence-corrected chi connectivity index (χ2v) is 8.70. The molecule has 0 saturated heterocycles. The number of aromatic nitrogens is 2. The first-order valence-corrected chi connectivity index (χ1v) is 11.0. The van der Waals surface area contributed by atoms with Gasteiger partial charge in [0.15, 0.2) is 0 Å². The fourth-order valence-electron chi connectivity index (χ4n) is 4.58. The lowest BCUT2D eigenvalue weighted by molar-refractivity contribution is -0.123. The van der Waals surface area contributed by atoms with Crippen molar-refractivity contribution in [3.63, 3.8) is 0 Å². The van der Waals surface area contributed by atoms with Crippen LogP contribution >= 0.6 is 0 Å². The molecule has 33 heavy (non-hydrogen) atoms. The lowest BCUT2D eigenvalue weighted by Gasteiger charge is -2.30. The van der Waals surface area contributed by atoms with Crippen LogP contribution in [0.25, 0.3) is 0 Å². The van der Waals surface area contributed by atoms with Crippen molar-refractivity contribution >= 4 is 29.3 Å². The van der Waals surface area contributed by atoms with Crippen LogP contribution in [0.3, 0.4) is 0 Å². The number of aryl methyl sites for hydroxylation is 2. The van der Waals surface area contributed by atoms with E-state index in [2.05, 4.69) is 32.7 Å². The van der Waals surface area contributed by atoms with E-state index in [1.54, 1.807) is 0 Å². The predicted molar refractivity (Wildman–Crippen MR) is 127 cm³/mol. The van der Waals surface area contributed by atoms with E-state index in [1.807, 2.05) is 49.1 Å². The fourth-order valence-corrected chi connectivity index (χ4v) is 4.58. The van der Waals surface area contributed by atoms with Crippen molar-refractivity contribution in [3.05, 3.63) is 80.6 Å². The maximum Gasteiger partial charge on any atom is 0.258 e. The second kappa shape index (κ2) is 8.20. The van der Waals surface area contributed by atoms with Crippen LogP contribution in [-0.4, -0.2) is 28.3 Å². The number of amides is 2. The second-order valence-electron chi connectivity index (χ2n) is 8.70. The summed E-state index contributed by atoms with van der Waals surface area (Å²) in [5, 5.41) is 5.57. The molecule has 1 unspecified atom stereocenters. The Bertz CT molecular complexity index is 1330. The Hall–Kier alpha value is -3.94. The van der Waals surface area contributed by atoms with Gasteiger partial charge in [0.25, 0.3) is 5.56 Å². The molecule has 0 saturated carbocycles. The van der Waals surface area contributed by atoms with Gasteiger partial charge in [0, 0.05) is 25.2 Å². The third-order valence-electron chi connectivity index (χ3n) is 6.33. The molecule has 2 aromatic carbocycles. The van der Waals surface area contributed by atoms with E-state index >= 15 is 0 Å². The van der Waals surface area contributed by atoms with Crippen LogP contribution in [0, 0.1) is 13.8 Å². The van der Waals surface area contributed by atoms with Crippen molar-refractivity contribution in [2.45, 2.75) is 39.2 Å². The SMILES string of the molecule is Cc1ccc(NC(=O)C2CC(=O)Nc3nc(N4CCc5ccccc5C4)[nH]c(=O)c32)c(C)c1. The monoisotopic (exact) mass is 443 g/mol. The van der Waals surface area contributed by atoms with Crippen molar-refractivity contribution in [1.82, 2.24) is 9.97 Å². The molecule has 1 atom stereocenters. The molecule has 0 spiro atoms. The number of nitrogens with one attached hydrogen (secondary N) is 3. The molecule has 3 aromatic rings. The standard InChI is InChI=1S/C25H25N5O3/c1-14-7-8-19(15(2)11-14)26-23(32)18-12-20(31)27-22-21(18)24(33)29-25(28-22)30-10-9-16-5-3-4-6-17(16)13-30/h3-8,11,18H,9-10,12-13H2,1-2H3,(H,26,32)(H2,27,28,29,31,33). The predicted octanol–water partition coefficient (Wildman–Crippen LogP) is 3.01. The van der Waals surface area contributed by atoms with Gasteiger partial charge < -0.3 is 15.5 Å². The zero-order valence-electron chi connectivity index (χ0n) is 18.6. The highest BCUT2D eigenvalue weighted by Gasteiger charge is 2.35. The van der Waals surface area contributed by atoms with E-state index in [1.165, 1.54) is 11.1 Å². The smallest absolute Gasteiger partial charge is 0.258 e. The van der Waals surface area contributed by atoms with Crippen LogP contribution in [-0.2, 0) is 22.6 Å². The zero-order valence-corrected chi connectivity index (χ0v) is 18.6. The maximum atomic E-state index is 13.1. The van der Waals surface area contributed by atoms with Gasteiger partial charge in [-0.1, -0.05) is 42.0 Å². The average Bonchev–Trinajstić information content (AvgIpc) is 2.79. The third-order valence-corrected chi connectivity index (χ3v) is 6.33. The quantitative estimate of drug-likeness (QED) is 0.577. The number of carbonyl (C=O) groups excluding carboxylic acids is 2. The highest BCUT2D eigenvalue weighted by atomic mass is 16.2. The Balaban J connectivity index is 1.45. The van der Waals surface area contributed by atoms with Gasteiger partial charge in [-0.3, -0.25) is 19.4 Å². The molecular formula is C25H25N5O3. The lowest BCUT2D eigenvalue weighted by Crippen LogP contribution is -2.39. The minimum absolute atomic E-state index is 0.106. The summed E-state index contributed by atoms with van der Waals surface area (Å²) in [6.45, 7) is 5.19. The Kier molecular flexibility index (Phi) is 5.20. The van der Waals surface area contributed by atoms with E-state index < -0.39 is 17.4 Å². The summed E-state index contributed by atoms with van der Waals surface area (Å²) < 4.78 is 0. The van der Waals surface area contributed by atoms with Crippen LogP contribution in [0.15, 0.2) is 47.3 Å². The molecule has 5 rings (SSSR count). The molecule has 0 fully saturated rings. The van der Waals surface area contributed by atoms with Crippen LogP contribution < -0.4 is 21.1 Å². The van der Waals surface area contributed by atoms with Gasteiger partial charge in [0.2, 0.25) is 17.8 Å². The molecule has 0 radical (unpaired) electrons. The number of H-pyrrole nitrogens is 1. The van der Waals surface area contributed by atoms with Crippen molar-refractivity contribution < 1.29 is 9.59 Å². The van der Waals surface area contributed by atoms with Gasteiger partial charge in [-0.25, -0.2) is 0 Å². The van der Waals surface area contributed by atoms with Crippen molar-refractivity contribution in [3.8, 4) is 0 Å². The molecule has 2 aliphatic heterocycles. The number of carbonyl (C=O) groups is 2. The van der Waals surface area contributed by atoms with E-state index in [-0.39, 0.29) is 23.7 Å². The van der Waals surface area contributed by atoms with Crippen molar-refractivity contribution in [2.24, 2.45) is 0 Å². The number of aromatic amines is 1. The molecule has 168 valence electrons. The minimum atomic E-state index is -0.915. The highest BCUT2D eigenvalue weighted by Crippen LogP contribution is 2.31. The first-order valence-electron chi connectivity index (χ1n) is 11.0. The molecule has 3 heterocycles. The van der Waals surface area contributed by atoms with Gasteiger partial charge in [-0.05, 0) is 43.0 Å². The summed E-state index contributed by atoms with van der Waals surface area (Å²) >= 11 is 0. The Morgan fingerprint density at radius 3 is 2.70 bits per heavy atom. The molecular weight excluding hydrogens is 418 g/mol. The average molecular weight is 444 g/mol. The van der Waals surface area contributed by atoms with Crippen LogP contribution in [0.1, 0.15) is 40.2 Å². The maximum absolute atomic E-state index is 13.1. The van der Waals surface area contributed by atoms with E-state index in [0.29, 0.717) is 24.7 Å². The molecule has 1 aromatic heterocycles. The van der Waals surface area contributed by atoms with Gasteiger partial charge >= 0.3 is 0 Å². The first kappa shape index (κ1) is 20.9. The molecule has 8 heteroatoms. The number of hydrogen-bond acceptors (Lipinski definition) is 5. The number of nitrogens with zero attached hydrogens (tertiary/aromatic N) is 2. The summed E-state index contributed by atoms with van der Waals surface area (Å²) in [5.41, 5.74) is 4.90. The van der Waals surface area contributed by atoms with Crippen molar-refractivity contribution in [1.29, 1.82) is 0 Å². The van der Waals surface area contributed by atoms with Crippen molar-refractivity contribution in [2.75, 3.05) is 22.1 Å². The Morgan fingerprint density at radius 2 is 1.91 bits per heavy atom. The molecule has 2 amide bonds. The van der Waals surface area contributed by atoms with Gasteiger partial charge in [0.05, 0.1) is 11.5 Å². The Morgan fingerprint density at radius 1 is 1.12 bits per heavy atom. The molecule has 2 aliphatic rings. The van der Waals surface area contributed by atoms with Crippen LogP contribution in [0.4, 0.5) is 17.5 Å². The fraction of sp³-hybridized carbons (Fsp3) is 0.280. The summed E-state index contributed by atoms with van der Waals surface area (Å²) in [6, 6.07) is 13.9. The highest BCUT2D eigenvalue weighted by molar-refractivity contribution is 6.04. The number of fused-ring (bicyclic) bond motifs is 2. The van der Waals surface area contributed by atoms with E-state index in [0.717, 1.165) is 17.5 Å². The number of anilines is 3. The summed E-state index contributed by atoms with van der Waals surface area (Å²) in [7, 11) is 0. The summed E-state index contributed by atoms with van der Waals surface area (Å²) in [4.78, 5) is 48.0. The summed E-state index contributed by atoms with van der Waals surface area (Å²) in [5.74, 6) is -1.10. The van der Waals surface area contributed by atoms with E-state index in [9.17, 15) is 14.4 Å². The molecule has 0 aliphatic carbocycles.